The highest BCUT2D eigenvalue weighted by molar-refractivity contribution is 7.89. The third kappa shape index (κ3) is 2.88. The number of aromatic nitrogens is 2. The second-order valence-electron chi connectivity index (χ2n) is 6.49. The molecule has 1 saturated heterocycles. The molecular weight excluding hydrogens is 281 g/mol. The number of piperidine rings is 1. The van der Waals surface area contributed by atoms with Crippen LogP contribution in [0.25, 0.3) is 0 Å². The zero-order chi connectivity index (χ0) is 15.1. The summed E-state index contributed by atoms with van der Waals surface area (Å²) < 4.78 is 41.8. The van der Waals surface area contributed by atoms with Gasteiger partial charge in [-0.3, -0.25) is 4.68 Å². The summed E-state index contributed by atoms with van der Waals surface area (Å²) in [5.41, 5.74) is -0.149. The fourth-order valence-corrected chi connectivity index (χ4v) is 4.20. The lowest BCUT2D eigenvalue weighted by atomic mass is 9.74. The Kier molecular flexibility index (Phi) is 3.94. The van der Waals surface area contributed by atoms with Crippen LogP contribution in [0.5, 0.6) is 0 Å². The van der Waals surface area contributed by atoms with Crippen molar-refractivity contribution in [2.45, 2.75) is 38.3 Å². The Morgan fingerprint density at radius 2 is 2.05 bits per heavy atom. The van der Waals surface area contributed by atoms with Gasteiger partial charge in [-0.1, -0.05) is 20.8 Å². The first-order valence-electron chi connectivity index (χ1n) is 6.75. The maximum absolute atomic E-state index is 14.3. The quantitative estimate of drug-likeness (QED) is 0.837. The second-order valence-corrected chi connectivity index (χ2v) is 8.43. The van der Waals surface area contributed by atoms with Crippen LogP contribution in [-0.4, -0.2) is 41.8 Å². The Morgan fingerprint density at radius 3 is 2.50 bits per heavy atom. The maximum atomic E-state index is 14.3. The summed E-state index contributed by atoms with van der Waals surface area (Å²) in [4.78, 5) is 0.126. The fourth-order valence-electron chi connectivity index (χ4n) is 2.75. The molecule has 2 atom stereocenters. The predicted molar refractivity (Wildman–Crippen MR) is 74.4 cm³/mol. The van der Waals surface area contributed by atoms with E-state index in [4.69, 9.17) is 0 Å². The van der Waals surface area contributed by atoms with Crippen molar-refractivity contribution in [2.24, 2.45) is 18.4 Å². The van der Waals surface area contributed by atoms with E-state index in [1.165, 1.54) is 21.4 Å². The normalized spacial score (nSPS) is 25.9. The molecule has 20 heavy (non-hydrogen) atoms. The molecule has 1 aromatic rings. The van der Waals surface area contributed by atoms with E-state index in [1.807, 2.05) is 20.8 Å². The predicted octanol–water partition coefficient (Wildman–Crippen LogP) is 1.81. The fraction of sp³-hybridized carbons (Fsp3) is 0.769. The Hall–Kier alpha value is -0.950. The third-order valence-electron chi connectivity index (χ3n) is 3.94. The molecule has 0 saturated carbocycles. The van der Waals surface area contributed by atoms with Gasteiger partial charge in [-0.25, -0.2) is 12.8 Å². The molecule has 0 N–H and O–H groups in total. The van der Waals surface area contributed by atoms with E-state index in [9.17, 15) is 12.8 Å². The number of aryl methyl sites for hydroxylation is 1. The van der Waals surface area contributed by atoms with Crippen LogP contribution >= 0.6 is 0 Å². The minimum atomic E-state index is -3.63. The van der Waals surface area contributed by atoms with Gasteiger partial charge in [-0.05, 0) is 17.8 Å². The molecule has 5 nitrogen and oxygen atoms in total. The molecule has 0 amide bonds. The van der Waals surface area contributed by atoms with Crippen molar-refractivity contribution in [2.75, 3.05) is 13.1 Å². The van der Waals surface area contributed by atoms with Gasteiger partial charge in [0, 0.05) is 26.3 Å². The van der Waals surface area contributed by atoms with Crippen molar-refractivity contribution < 1.29 is 12.8 Å². The second kappa shape index (κ2) is 5.11. The van der Waals surface area contributed by atoms with E-state index in [0.29, 0.717) is 13.0 Å². The van der Waals surface area contributed by atoms with E-state index >= 15 is 0 Å². The van der Waals surface area contributed by atoms with Crippen LogP contribution in [0.1, 0.15) is 27.2 Å². The molecule has 1 fully saturated rings. The number of sulfonamides is 1. The summed E-state index contributed by atoms with van der Waals surface area (Å²) in [7, 11) is -1.98. The van der Waals surface area contributed by atoms with Crippen molar-refractivity contribution in [3.8, 4) is 0 Å². The highest BCUT2D eigenvalue weighted by Crippen LogP contribution is 2.37. The van der Waals surface area contributed by atoms with E-state index in [2.05, 4.69) is 5.10 Å². The number of nitrogens with zero attached hydrogens (tertiary/aromatic N) is 3. The molecular formula is C13H22FN3O2S. The molecule has 0 aromatic carbocycles. The molecule has 0 unspecified atom stereocenters. The molecule has 0 bridgehead atoms. The first kappa shape index (κ1) is 15.4. The number of rotatable bonds is 2. The number of hydrogen-bond donors (Lipinski definition) is 0. The molecule has 2 rings (SSSR count). The lowest BCUT2D eigenvalue weighted by Gasteiger charge is -2.40. The molecule has 1 aliphatic heterocycles. The largest absolute Gasteiger partial charge is 0.274 e. The Balaban J connectivity index is 2.17. The molecule has 0 spiro atoms. The molecule has 0 radical (unpaired) electrons. The summed E-state index contributed by atoms with van der Waals surface area (Å²) in [5.74, 6) is -0.108. The highest BCUT2D eigenvalue weighted by atomic mass is 32.2. The van der Waals surface area contributed by atoms with Gasteiger partial charge in [-0.15, -0.1) is 0 Å². The van der Waals surface area contributed by atoms with Crippen molar-refractivity contribution in [3.05, 3.63) is 12.4 Å². The van der Waals surface area contributed by atoms with Crippen molar-refractivity contribution >= 4 is 10.0 Å². The zero-order valence-electron chi connectivity index (χ0n) is 12.4. The minimum absolute atomic E-state index is 0.0703. The van der Waals surface area contributed by atoms with Crippen LogP contribution in [0.4, 0.5) is 4.39 Å². The van der Waals surface area contributed by atoms with E-state index in [0.717, 1.165) is 0 Å². The van der Waals surface area contributed by atoms with Crippen LogP contribution in [0.15, 0.2) is 17.3 Å². The third-order valence-corrected chi connectivity index (χ3v) is 5.75. The summed E-state index contributed by atoms with van der Waals surface area (Å²) in [6.07, 6.45) is 2.16. The molecule has 114 valence electrons. The van der Waals surface area contributed by atoms with Crippen LogP contribution in [0.3, 0.4) is 0 Å². The van der Waals surface area contributed by atoms with Gasteiger partial charge < -0.3 is 0 Å². The highest BCUT2D eigenvalue weighted by Gasteiger charge is 2.40. The van der Waals surface area contributed by atoms with Crippen molar-refractivity contribution in [3.63, 3.8) is 0 Å². The summed E-state index contributed by atoms with van der Waals surface area (Å²) in [5, 5.41) is 3.87. The molecule has 1 aliphatic rings. The first-order chi connectivity index (χ1) is 9.12. The van der Waals surface area contributed by atoms with Crippen molar-refractivity contribution in [1.29, 1.82) is 0 Å². The Bertz CT molecular complexity index is 577. The van der Waals surface area contributed by atoms with Crippen LogP contribution < -0.4 is 0 Å². The number of hydrogen-bond acceptors (Lipinski definition) is 3. The van der Waals surface area contributed by atoms with Crippen LogP contribution in [-0.2, 0) is 17.1 Å². The molecule has 1 aromatic heterocycles. The number of halogens is 1. The van der Waals surface area contributed by atoms with Gasteiger partial charge >= 0.3 is 0 Å². The SMILES string of the molecule is Cn1cc(S(=O)(=O)N2CC[C@@H](C(C)(C)C)[C@@H](F)C2)cn1. The van der Waals surface area contributed by atoms with Crippen LogP contribution in [0, 0.1) is 11.3 Å². The Morgan fingerprint density at radius 1 is 1.40 bits per heavy atom. The van der Waals surface area contributed by atoms with Crippen molar-refractivity contribution in [1.82, 2.24) is 14.1 Å². The standard InChI is InChI=1S/C13H22FN3O2S/c1-13(2,3)11-5-6-17(9-12(11)14)20(18,19)10-7-15-16(4)8-10/h7-8,11-12H,5-6,9H2,1-4H3/t11-,12+/m1/s1. The topological polar surface area (TPSA) is 55.2 Å². The number of alkyl halides is 1. The van der Waals surface area contributed by atoms with Gasteiger partial charge in [0.2, 0.25) is 10.0 Å². The summed E-state index contributed by atoms with van der Waals surface area (Å²) >= 11 is 0. The van der Waals surface area contributed by atoms with Gasteiger partial charge in [0.1, 0.15) is 11.1 Å². The Labute approximate surface area is 119 Å². The van der Waals surface area contributed by atoms with Gasteiger partial charge in [0.25, 0.3) is 0 Å². The maximum Gasteiger partial charge on any atom is 0.246 e. The minimum Gasteiger partial charge on any atom is -0.274 e. The lowest BCUT2D eigenvalue weighted by Crippen LogP contribution is -2.48. The van der Waals surface area contributed by atoms with Gasteiger partial charge in [-0.2, -0.15) is 9.40 Å². The zero-order valence-corrected chi connectivity index (χ0v) is 13.2. The molecule has 0 aliphatic carbocycles. The van der Waals surface area contributed by atoms with Gasteiger partial charge in [0.15, 0.2) is 0 Å². The van der Waals surface area contributed by atoms with E-state index < -0.39 is 16.2 Å². The average Bonchev–Trinajstić information content (AvgIpc) is 2.74. The first-order valence-corrected chi connectivity index (χ1v) is 8.19. The summed E-state index contributed by atoms with van der Waals surface area (Å²) in [6.45, 7) is 6.28. The molecule has 2 heterocycles. The lowest BCUT2D eigenvalue weighted by molar-refractivity contribution is 0.0557. The van der Waals surface area contributed by atoms with E-state index in [1.54, 1.807) is 7.05 Å². The smallest absolute Gasteiger partial charge is 0.246 e. The summed E-state index contributed by atoms with van der Waals surface area (Å²) in [6, 6.07) is 0. The van der Waals surface area contributed by atoms with Gasteiger partial charge in [0.05, 0.1) is 6.20 Å². The van der Waals surface area contributed by atoms with Crippen LogP contribution in [0.2, 0.25) is 0 Å². The average molecular weight is 303 g/mol. The van der Waals surface area contributed by atoms with E-state index in [-0.39, 0.29) is 22.8 Å². The molecule has 7 heteroatoms. The monoisotopic (exact) mass is 303 g/mol.